The van der Waals surface area contributed by atoms with Crippen LogP contribution in [-0.2, 0) is 4.79 Å². The highest BCUT2D eigenvalue weighted by Crippen LogP contribution is 2.22. The van der Waals surface area contributed by atoms with Crippen molar-refractivity contribution in [3.8, 4) is 6.07 Å². The first kappa shape index (κ1) is 11.6. The van der Waals surface area contributed by atoms with Crippen molar-refractivity contribution in [2.75, 3.05) is 5.32 Å². The van der Waals surface area contributed by atoms with Crippen molar-refractivity contribution in [3.05, 3.63) is 23.9 Å². The summed E-state index contributed by atoms with van der Waals surface area (Å²) in [6.07, 6.45) is 1.17. The molecule has 0 aliphatic rings. The smallest absolute Gasteiger partial charge is 0.337 e. The van der Waals surface area contributed by atoms with Crippen molar-refractivity contribution in [2.24, 2.45) is 0 Å². The Morgan fingerprint density at radius 2 is 2.28 bits per heavy atom. The first-order chi connectivity index (χ1) is 8.61. The quantitative estimate of drug-likeness (QED) is 0.747. The number of carboxylic acid groups (broad SMARTS) is 1. The summed E-state index contributed by atoms with van der Waals surface area (Å²) in [5, 5.41) is 26.8. The number of carbonyl (C=O) groups is 2. The van der Waals surface area contributed by atoms with E-state index in [1.165, 1.54) is 12.3 Å². The van der Waals surface area contributed by atoms with Gasteiger partial charge in [-0.25, -0.2) is 4.79 Å². The summed E-state index contributed by atoms with van der Waals surface area (Å²) in [6, 6.07) is 4.61. The van der Waals surface area contributed by atoms with Gasteiger partial charge < -0.3 is 10.4 Å². The summed E-state index contributed by atoms with van der Waals surface area (Å²) in [5.74, 6) is -1.61. The Labute approximate surface area is 101 Å². The third-order valence-electron chi connectivity index (χ3n) is 2.30. The van der Waals surface area contributed by atoms with Gasteiger partial charge in [-0.1, -0.05) is 0 Å². The van der Waals surface area contributed by atoms with Gasteiger partial charge in [-0.3, -0.25) is 9.89 Å². The molecule has 18 heavy (non-hydrogen) atoms. The predicted molar refractivity (Wildman–Crippen MR) is 61.9 cm³/mol. The van der Waals surface area contributed by atoms with E-state index in [1.807, 2.05) is 0 Å². The molecule has 0 aliphatic heterocycles. The molecule has 1 aromatic heterocycles. The fourth-order valence-electron chi connectivity index (χ4n) is 1.58. The Morgan fingerprint density at radius 3 is 2.94 bits per heavy atom. The van der Waals surface area contributed by atoms with Crippen molar-refractivity contribution in [1.29, 1.82) is 5.26 Å². The monoisotopic (exact) mass is 244 g/mol. The Kier molecular flexibility index (Phi) is 2.93. The number of nitrogens with zero attached hydrogens (tertiary/aromatic N) is 2. The van der Waals surface area contributed by atoms with Gasteiger partial charge in [0.25, 0.3) is 0 Å². The number of aromatic amines is 1. The highest BCUT2D eigenvalue weighted by atomic mass is 16.4. The third kappa shape index (κ3) is 2.12. The molecule has 0 atom stereocenters. The van der Waals surface area contributed by atoms with Crippen LogP contribution in [0, 0.1) is 11.3 Å². The molecule has 0 unspecified atom stereocenters. The van der Waals surface area contributed by atoms with E-state index in [-0.39, 0.29) is 12.0 Å². The van der Waals surface area contributed by atoms with E-state index in [0.29, 0.717) is 16.6 Å². The number of hydrogen-bond acceptors (Lipinski definition) is 4. The van der Waals surface area contributed by atoms with Crippen LogP contribution in [0.2, 0.25) is 0 Å². The van der Waals surface area contributed by atoms with Crippen LogP contribution in [0.1, 0.15) is 16.8 Å². The Balaban J connectivity index is 2.44. The Hall–Kier alpha value is -2.88. The summed E-state index contributed by atoms with van der Waals surface area (Å²) in [4.78, 5) is 22.3. The average Bonchev–Trinajstić information content (AvgIpc) is 2.75. The first-order valence-electron chi connectivity index (χ1n) is 4.99. The fourth-order valence-corrected chi connectivity index (χ4v) is 1.58. The summed E-state index contributed by atoms with van der Waals surface area (Å²) in [7, 11) is 0. The highest BCUT2D eigenvalue weighted by Gasteiger charge is 2.13. The lowest BCUT2D eigenvalue weighted by molar-refractivity contribution is -0.115. The second-order valence-corrected chi connectivity index (χ2v) is 3.55. The molecule has 0 fully saturated rings. The second-order valence-electron chi connectivity index (χ2n) is 3.55. The summed E-state index contributed by atoms with van der Waals surface area (Å²) in [6.45, 7) is 0. The lowest BCUT2D eigenvalue weighted by Gasteiger charge is -2.05. The van der Waals surface area contributed by atoms with Crippen LogP contribution in [0.15, 0.2) is 18.3 Å². The molecule has 0 bridgehead atoms. The topological polar surface area (TPSA) is 119 Å². The number of fused-ring (bicyclic) bond motifs is 1. The van der Waals surface area contributed by atoms with Gasteiger partial charge in [-0.2, -0.15) is 10.4 Å². The molecule has 0 spiro atoms. The predicted octanol–water partition coefficient (Wildman–Crippen LogP) is 1.11. The fraction of sp³-hybridized carbons (Fsp3) is 0.0909. The van der Waals surface area contributed by atoms with Gasteiger partial charge in [0.2, 0.25) is 5.91 Å². The molecule has 0 saturated carbocycles. The number of H-pyrrole nitrogens is 1. The number of carboxylic acids is 1. The SMILES string of the molecule is N#CCC(=O)Nc1cc(C(=O)O)c2[nH]ncc2c1. The van der Waals surface area contributed by atoms with Gasteiger partial charge in [0.05, 0.1) is 23.3 Å². The average molecular weight is 244 g/mol. The summed E-state index contributed by atoms with van der Waals surface area (Å²) >= 11 is 0. The van der Waals surface area contributed by atoms with E-state index in [0.717, 1.165) is 0 Å². The van der Waals surface area contributed by atoms with E-state index < -0.39 is 11.9 Å². The molecule has 1 heterocycles. The minimum absolute atomic E-state index is 0.0113. The molecule has 0 radical (unpaired) electrons. The second kappa shape index (κ2) is 4.55. The molecule has 0 saturated heterocycles. The molecular formula is C11H8N4O3. The maximum absolute atomic E-state index is 11.3. The van der Waals surface area contributed by atoms with Crippen molar-refractivity contribution < 1.29 is 14.7 Å². The molecule has 2 aromatic rings. The minimum atomic E-state index is -1.12. The Bertz CT molecular complexity index is 668. The first-order valence-corrected chi connectivity index (χ1v) is 4.99. The van der Waals surface area contributed by atoms with Crippen molar-refractivity contribution in [2.45, 2.75) is 6.42 Å². The van der Waals surface area contributed by atoms with Crippen molar-refractivity contribution in [1.82, 2.24) is 10.2 Å². The van der Waals surface area contributed by atoms with E-state index in [1.54, 1.807) is 12.1 Å². The number of benzene rings is 1. The zero-order valence-electron chi connectivity index (χ0n) is 9.10. The van der Waals surface area contributed by atoms with E-state index in [4.69, 9.17) is 10.4 Å². The van der Waals surface area contributed by atoms with Gasteiger partial charge in [0.15, 0.2) is 0 Å². The van der Waals surface area contributed by atoms with Crippen molar-refractivity contribution in [3.63, 3.8) is 0 Å². The number of nitrogens with one attached hydrogen (secondary N) is 2. The minimum Gasteiger partial charge on any atom is -0.478 e. The highest BCUT2D eigenvalue weighted by molar-refractivity contribution is 6.05. The number of aromatic carboxylic acids is 1. The zero-order valence-corrected chi connectivity index (χ0v) is 9.10. The lowest BCUT2D eigenvalue weighted by atomic mass is 10.1. The third-order valence-corrected chi connectivity index (χ3v) is 2.30. The molecule has 0 aliphatic carbocycles. The number of amides is 1. The maximum Gasteiger partial charge on any atom is 0.337 e. The van der Waals surface area contributed by atoms with Crippen LogP contribution in [-0.4, -0.2) is 27.2 Å². The number of anilines is 1. The van der Waals surface area contributed by atoms with E-state index >= 15 is 0 Å². The standard InChI is InChI=1S/C11H8N4O3/c12-2-1-9(16)14-7-3-6-5-13-15-10(6)8(4-7)11(17)18/h3-5H,1H2,(H,13,15)(H,14,16)(H,17,18). The van der Waals surface area contributed by atoms with E-state index in [2.05, 4.69) is 15.5 Å². The number of carbonyl (C=O) groups excluding carboxylic acids is 1. The van der Waals surface area contributed by atoms with Crippen LogP contribution in [0.25, 0.3) is 10.9 Å². The summed E-state index contributed by atoms with van der Waals surface area (Å²) < 4.78 is 0. The Morgan fingerprint density at radius 1 is 1.50 bits per heavy atom. The molecular weight excluding hydrogens is 236 g/mol. The van der Waals surface area contributed by atoms with Gasteiger partial charge in [-0.15, -0.1) is 0 Å². The lowest BCUT2D eigenvalue weighted by Crippen LogP contribution is -2.11. The van der Waals surface area contributed by atoms with Crippen LogP contribution in [0.4, 0.5) is 5.69 Å². The molecule has 2 rings (SSSR count). The van der Waals surface area contributed by atoms with E-state index in [9.17, 15) is 9.59 Å². The summed E-state index contributed by atoms with van der Waals surface area (Å²) in [5.41, 5.74) is 0.722. The van der Waals surface area contributed by atoms with Gasteiger partial charge in [0, 0.05) is 11.1 Å². The molecule has 7 nitrogen and oxygen atoms in total. The largest absolute Gasteiger partial charge is 0.478 e. The van der Waals surface area contributed by atoms with Gasteiger partial charge >= 0.3 is 5.97 Å². The van der Waals surface area contributed by atoms with Crippen molar-refractivity contribution >= 4 is 28.5 Å². The maximum atomic E-state index is 11.3. The molecule has 1 aromatic carbocycles. The number of rotatable bonds is 3. The van der Waals surface area contributed by atoms with Gasteiger partial charge in [0.1, 0.15) is 6.42 Å². The molecule has 90 valence electrons. The molecule has 1 amide bonds. The van der Waals surface area contributed by atoms with Gasteiger partial charge in [-0.05, 0) is 12.1 Å². The van der Waals surface area contributed by atoms with Crippen LogP contribution in [0.3, 0.4) is 0 Å². The van der Waals surface area contributed by atoms with Crippen LogP contribution < -0.4 is 5.32 Å². The number of hydrogen-bond donors (Lipinski definition) is 3. The molecule has 3 N–H and O–H groups in total. The number of nitriles is 1. The molecule has 7 heteroatoms. The number of aromatic nitrogens is 2. The van der Waals surface area contributed by atoms with Crippen LogP contribution >= 0.6 is 0 Å². The zero-order chi connectivity index (χ0) is 13.1. The van der Waals surface area contributed by atoms with Crippen LogP contribution in [0.5, 0.6) is 0 Å². The normalized spacial score (nSPS) is 9.94.